The summed E-state index contributed by atoms with van der Waals surface area (Å²) >= 11 is 0. The van der Waals surface area contributed by atoms with E-state index in [2.05, 4.69) is 4.98 Å². The smallest absolute Gasteiger partial charge is 0.270 e. The lowest BCUT2D eigenvalue weighted by Gasteiger charge is -2.22. The molecule has 1 aliphatic rings. The highest BCUT2D eigenvalue weighted by atomic mass is 16.5. The molecule has 28 heavy (non-hydrogen) atoms. The second kappa shape index (κ2) is 7.46. The molecule has 6 heteroatoms. The van der Waals surface area contributed by atoms with Crippen LogP contribution < -0.4 is 14.2 Å². The first-order valence-electron chi connectivity index (χ1n) is 9.32. The molecule has 0 radical (unpaired) electrons. The largest absolute Gasteiger partial charge is 0.496 e. The summed E-state index contributed by atoms with van der Waals surface area (Å²) in [7, 11) is 4.76. The molecule has 4 rings (SSSR count). The van der Waals surface area contributed by atoms with Crippen LogP contribution in [0.15, 0.2) is 42.5 Å². The number of aromatic nitrogens is 1. The van der Waals surface area contributed by atoms with E-state index in [1.807, 2.05) is 41.3 Å². The standard InChI is InChI=1S/C22H24N2O4/c1-26-18-12-19(27-2)21(28-3)20-16(18)11-17(23-20)22(25)24(15-9-10-15)13-14-7-5-4-6-8-14/h4-8,11-12,15,23H,9-10,13H2,1-3H3. The Labute approximate surface area is 164 Å². The van der Waals surface area contributed by atoms with Gasteiger partial charge in [0.15, 0.2) is 11.5 Å². The van der Waals surface area contributed by atoms with Gasteiger partial charge >= 0.3 is 0 Å². The van der Waals surface area contributed by atoms with E-state index in [-0.39, 0.29) is 11.9 Å². The zero-order valence-electron chi connectivity index (χ0n) is 16.3. The molecule has 6 nitrogen and oxygen atoms in total. The van der Waals surface area contributed by atoms with Gasteiger partial charge in [0.1, 0.15) is 11.4 Å². The first-order chi connectivity index (χ1) is 13.7. The number of hydrogen-bond acceptors (Lipinski definition) is 4. The van der Waals surface area contributed by atoms with E-state index in [4.69, 9.17) is 14.2 Å². The minimum atomic E-state index is -0.0226. The van der Waals surface area contributed by atoms with Crippen LogP contribution in [0.1, 0.15) is 28.9 Å². The fraction of sp³-hybridized carbons (Fsp3) is 0.318. The van der Waals surface area contributed by atoms with Gasteiger partial charge in [0.05, 0.1) is 26.8 Å². The van der Waals surface area contributed by atoms with Crippen molar-refractivity contribution in [3.8, 4) is 17.2 Å². The van der Waals surface area contributed by atoms with Crippen LogP contribution >= 0.6 is 0 Å². The molecule has 0 saturated heterocycles. The van der Waals surface area contributed by atoms with Crippen LogP contribution in [0.2, 0.25) is 0 Å². The van der Waals surface area contributed by atoms with Crippen molar-refractivity contribution in [3.63, 3.8) is 0 Å². The summed E-state index contributed by atoms with van der Waals surface area (Å²) in [6.45, 7) is 0.595. The van der Waals surface area contributed by atoms with Gasteiger partial charge in [-0.1, -0.05) is 30.3 Å². The van der Waals surface area contributed by atoms with Gasteiger partial charge in [-0.15, -0.1) is 0 Å². The number of ether oxygens (including phenoxy) is 3. The molecule has 1 aliphatic carbocycles. The molecule has 0 unspecified atom stereocenters. The fourth-order valence-corrected chi connectivity index (χ4v) is 3.54. The van der Waals surface area contributed by atoms with Crippen LogP contribution in [-0.2, 0) is 6.54 Å². The van der Waals surface area contributed by atoms with Gasteiger partial charge in [-0.25, -0.2) is 0 Å². The Morgan fingerprint density at radius 3 is 2.36 bits per heavy atom. The van der Waals surface area contributed by atoms with Gasteiger partial charge in [-0.05, 0) is 24.5 Å². The summed E-state index contributed by atoms with van der Waals surface area (Å²) in [6, 6.07) is 14.0. The quantitative estimate of drug-likeness (QED) is 0.673. The van der Waals surface area contributed by atoms with Crippen molar-refractivity contribution in [1.29, 1.82) is 0 Å². The summed E-state index contributed by atoms with van der Waals surface area (Å²) in [5, 5.41) is 0.791. The van der Waals surface area contributed by atoms with E-state index in [9.17, 15) is 4.79 Å². The molecule has 0 bridgehead atoms. The van der Waals surface area contributed by atoms with Gasteiger partial charge in [-0.2, -0.15) is 0 Å². The highest BCUT2D eigenvalue weighted by Gasteiger charge is 2.34. The molecule has 1 heterocycles. The molecule has 1 amide bonds. The summed E-state index contributed by atoms with van der Waals surface area (Å²) in [5.41, 5.74) is 2.33. The van der Waals surface area contributed by atoms with Gasteiger partial charge in [-0.3, -0.25) is 4.79 Å². The Hall–Kier alpha value is -3.15. The van der Waals surface area contributed by atoms with Crippen LogP contribution in [-0.4, -0.2) is 43.2 Å². The number of carbonyl (C=O) groups excluding carboxylic acids is 1. The predicted octanol–water partition coefficient (Wildman–Crippen LogP) is 4.00. The maximum Gasteiger partial charge on any atom is 0.270 e. The Kier molecular flexibility index (Phi) is 4.86. The van der Waals surface area contributed by atoms with Crippen molar-refractivity contribution in [2.45, 2.75) is 25.4 Å². The number of aromatic amines is 1. The third-order valence-corrected chi connectivity index (χ3v) is 5.11. The van der Waals surface area contributed by atoms with Crippen LogP contribution in [0, 0.1) is 0 Å². The van der Waals surface area contributed by atoms with E-state index in [0.717, 1.165) is 23.8 Å². The van der Waals surface area contributed by atoms with Crippen LogP contribution in [0.5, 0.6) is 17.2 Å². The Balaban J connectivity index is 1.74. The number of amides is 1. The third kappa shape index (κ3) is 3.26. The first-order valence-corrected chi connectivity index (χ1v) is 9.32. The molecule has 0 aliphatic heterocycles. The van der Waals surface area contributed by atoms with Crippen LogP contribution in [0.4, 0.5) is 0 Å². The molecule has 0 atom stereocenters. The normalized spacial score (nSPS) is 13.4. The number of methoxy groups -OCH3 is 3. The summed E-state index contributed by atoms with van der Waals surface area (Å²) in [5.74, 6) is 1.71. The first kappa shape index (κ1) is 18.2. The lowest BCUT2D eigenvalue weighted by Crippen LogP contribution is -2.32. The van der Waals surface area contributed by atoms with Crippen molar-refractivity contribution >= 4 is 16.8 Å². The maximum atomic E-state index is 13.3. The molecule has 3 aromatic rings. The van der Waals surface area contributed by atoms with Crippen LogP contribution in [0.25, 0.3) is 10.9 Å². The second-order valence-corrected chi connectivity index (χ2v) is 6.94. The Morgan fingerprint density at radius 1 is 1.04 bits per heavy atom. The van der Waals surface area contributed by atoms with E-state index in [1.165, 1.54) is 0 Å². The van der Waals surface area contributed by atoms with Crippen molar-refractivity contribution in [2.75, 3.05) is 21.3 Å². The number of nitrogens with zero attached hydrogens (tertiary/aromatic N) is 1. The molecule has 0 spiro atoms. The average molecular weight is 380 g/mol. The molecule has 1 fully saturated rings. The van der Waals surface area contributed by atoms with E-state index in [0.29, 0.717) is 35.0 Å². The van der Waals surface area contributed by atoms with Crippen molar-refractivity contribution in [2.24, 2.45) is 0 Å². The number of hydrogen-bond donors (Lipinski definition) is 1. The topological polar surface area (TPSA) is 63.8 Å². The second-order valence-electron chi connectivity index (χ2n) is 6.94. The molecular weight excluding hydrogens is 356 g/mol. The average Bonchev–Trinajstić information content (AvgIpc) is 3.48. The van der Waals surface area contributed by atoms with Crippen molar-refractivity contribution in [3.05, 3.63) is 53.7 Å². The Morgan fingerprint density at radius 2 is 1.75 bits per heavy atom. The van der Waals surface area contributed by atoms with Crippen LogP contribution in [0.3, 0.4) is 0 Å². The minimum Gasteiger partial charge on any atom is -0.496 e. The monoisotopic (exact) mass is 380 g/mol. The fourth-order valence-electron chi connectivity index (χ4n) is 3.54. The predicted molar refractivity (Wildman–Crippen MR) is 107 cm³/mol. The van der Waals surface area contributed by atoms with Crippen molar-refractivity contribution in [1.82, 2.24) is 9.88 Å². The zero-order chi connectivity index (χ0) is 19.7. The van der Waals surface area contributed by atoms with E-state index < -0.39 is 0 Å². The lowest BCUT2D eigenvalue weighted by atomic mass is 10.2. The minimum absolute atomic E-state index is 0.0226. The molecule has 146 valence electrons. The molecule has 1 aromatic heterocycles. The number of H-pyrrole nitrogens is 1. The van der Waals surface area contributed by atoms with Gasteiger partial charge in [0.2, 0.25) is 0 Å². The highest BCUT2D eigenvalue weighted by molar-refractivity contribution is 6.02. The van der Waals surface area contributed by atoms with E-state index in [1.54, 1.807) is 27.4 Å². The summed E-state index contributed by atoms with van der Waals surface area (Å²) in [6.07, 6.45) is 2.08. The molecular formula is C22H24N2O4. The summed E-state index contributed by atoms with van der Waals surface area (Å²) in [4.78, 5) is 18.5. The number of fused-ring (bicyclic) bond motifs is 1. The third-order valence-electron chi connectivity index (χ3n) is 5.11. The van der Waals surface area contributed by atoms with Gasteiger partial charge < -0.3 is 24.1 Å². The SMILES string of the molecule is COc1cc(OC)c2cc(C(=O)N(Cc3ccccc3)C3CC3)[nH]c2c1OC. The number of benzene rings is 2. The van der Waals surface area contributed by atoms with E-state index >= 15 is 0 Å². The number of nitrogens with one attached hydrogen (secondary N) is 1. The molecule has 2 aromatic carbocycles. The molecule has 1 N–H and O–H groups in total. The lowest BCUT2D eigenvalue weighted by molar-refractivity contribution is 0.0725. The van der Waals surface area contributed by atoms with Gasteiger partial charge in [0.25, 0.3) is 5.91 Å². The number of carbonyl (C=O) groups is 1. The highest BCUT2D eigenvalue weighted by Crippen LogP contribution is 2.41. The van der Waals surface area contributed by atoms with Crippen molar-refractivity contribution < 1.29 is 19.0 Å². The summed E-state index contributed by atoms with van der Waals surface area (Å²) < 4.78 is 16.4. The Bertz CT molecular complexity index is 993. The number of rotatable bonds is 7. The maximum absolute atomic E-state index is 13.3. The zero-order valence-corrected chi connectivity index (χ0v) is 16.3. The van der Waals surface area contributed by atoms with Gasteiger partial charge in [0, 0.05) is 24.0 Å². The molecule has 1 saturated carbocycles.